The number of piperidine rings is 1. The van der Waals surface area contributed by atoms with E-state index in [0.717, 1.165) is 23.7 Å². The fourth-order valence-corrected chi connectivity index (χ4v) is 2.88. The first kappa shape index (κ1) is 15.4. The number of fused-ring (bicyclic) bond motifs is 1. The lowest BCUT2D eigenvalue weighted by Gasteiger charge is -2.31. The molecule has 2 amide bonds. The quantitative estimate of drug-likeness (QED) is 0.914. The molecular weight excluding hydrogens is 294 g/mol. The second-order valence-corrected chi connectivity index (χ2v) is 5.71. The molecule has 2 N–H and O–H groups in total. The van der Waals surface area contributed by atoms with Crippen LogP contribution in [0.5, 0.6) is 0 Å². The van der Waals surface area contributed by atoms with Crippen molar-refractivity contribution in [2.75, 3.05) is 19.7 Å². The Morgan fingerprint density at radius 1 is 1.30 bits per heavy atom. The molecule has 1 fully saturated rings. The Labute approximate surface area is 134 Å². The highest BCUT2D eigenvalue weighted by atomic mass is 16.6. The highest BCUT2D eigenvalue weighted by Crippen LogP contribution is 2.16. The average molecular weight is 315 g/mol. The maximum Gasteiger partial charge on any atom is 0.409 e. The third-order valence-corrected chi connectivity index (χ3v) is 4.17. The molecule has 2 heterocycles. The second kappa shape index (κ2) is 6.73. The third-order valence-electron chi connectivity index (χ3n) is 4.17. The van der Waals surface area contributed by atoms with Crippen molar-refractivity contribution >= 4 is 22.9 Å². The summed E-state index contributed by atoms with van der Waals surface area (Å²) < 4.78 is 5.00. The van der Waals surface area contributed by atoms with Crippen molar-refractivity contribution in [1.29, 1.82) is 0 Å². The molecule has 0 spiro atoms. The summed E-state index contributed by atoms with van der Waals surface area (Å²) in [5.41, 5.74) is 1.68. The topological polar surface area (TPSA) is 74.4 Å². The number of carbonyl (C=O) groups is 2. The van der Waals surface area contributed by atoms with Crippen LogP contribution in [0.2, 0.25) is 0 Å². The minimum atomic E-state index is -0.268. The fourth-order valence-electron chi connectivity index (χ4n) is 2.88. The largest absolute Gasteiger partial charge is 0.450 e. The number of nitrogens with one attached hydrogen (secondary N) is 2. The summed E-state index contributed by atoms with van der Waals surface area (Å²) in [6, 6.07) is 7.66. The zero-order chi connectivity index (χ0) is 16.2. The average Bonchev–Trinajstić information content (AvgIpc) is 3.03. The molecule has 2 aromatic rings. The number of amides is 2. The van der Waals surface area contributed by atoms with Gasteiger partial charge in [0.2, 0.25) is 0 Å². The van der Waals surface area contributed by atoms with E-state index in [1.807, 2.05) is 30.5 Å². The minimum Gasteiger partial charge on any atom is -0.450 e. The van der Waals surface area contributed by atoms with Crippen molar-refractivity contribution in [1.82, 2.24) is 15.2 Å². The van der Waals surface area contributed by atoms with Gasteiger partial charge in [0.25, 0.3) is 5.91 Å². The SMILES string of the molecule is CCOC(=O)N1CCC(NC(=O)c2ccc3[nH]ccc3c2)CC1. The van der Waals surface area contributed by atoms with Crippen LogP contribution in [0.4, 0.5) is 4.79 Å². The van der Waals surface area contributed by atoms with Crippen LogP contribution in [0.15, 0.2) is 30.5 Å². The Kier molecular flexibility index (Phi) is 4.50. The van der Waals surface area contributed by atoms with Gasteiger partial charge in [-0.2, -0.15) is 0 Å². The summed E-state index contributed by atoms with van der Waals surface area (Å²) in [4.78, 5) is 28.8. The van der Waals surface area contributed by atoms with Crippen LogP contribution in [0.25, 0.3) is 10.9 Å². The number of likely N-dealkylation sites (tertiary alicyclic amines) is 1. The fraction of sp³-hybridized carbons (Fsp3) is 0.412. The third kappa shape index (κ3) is 3.47. The molecule has 0 unspecified atom stereocenters. The van der Waals surface area contributed by atoms with Gasteiger partial charge in [0.15, 0.2) is 0 Å². The van der Waals surface area contributed by atoms with E-state index in [0.29, 0.717) is 25.3 Å². The molecule has 1 saturated heterocycles. The monoisotopic (exact) mass is 315 g/mol. The van der Waals surface area contributed by atoms with E-state index in [-0.39, 0.29) is 18.0 Å². The Hall–Kier alpha value is -2.50. The molecule has 1 aliphatic heterocycles. The molecule has 6 nitrogen and oxygen atoms in total. The zero-order valence-electron chi connectivity index (χ0n) is 13.2. The van der Waals surface area contributed by atoms with Gasteiger partial charge >= 0.3 is 6.09 Å². The minimum absolute atomic E-state index is 0.0670. The number of carbonyl (C=O) groups excluding carboxylic acids is 2. The van der Waals surface area contributed by atoms with E-state index >= 15 is 0 Å². The summed E-state index contributed by atoms with van der Waals surface area (Å²) in [7, 11) is 0. The lowest BCUT2D eigenvalue weighted by Crippen LogP contribution is -2.46. The molecule has 6 heteroatoms. The van der Waals surface area contributed by atoms with E-state index in [1.165, 1.54) is 0 Å². The van der Waals surface area contributed by atoms with Crippen LogP contribution in [0, 0.1) is 0 Å². The molecule has 0 bridgehead atoms. The molecule has 23 heavy (non-hydrogen) atoms. The molecule has 3 rings (SSSR count). The van der Waals surface area contributed by atoms with Gasteiger partial charge in [0.05, 0.1) is 6.61 Å². The molecule has 1 aromatic heterocycles. The molecule has 0 radical (unpaired) electrons. The number of hydrogen-bond acceptors (Lipinski definition) is 3. The number of ether oxygens (including phenoxy) is 1. The van der Waals surface area contributed by atoms with E-state index < -0.39 is 0 Å². The first-order valence-electron chi connectivity index (χ1n) is 7.97. The highest BCUT2D eigenvalue weighted by Gasteiger charge is 2.24. The van der Waals surface area contributed by atoms with Crippen molar-refractivity contribution in [3.63, 3.8) is 0 Å². The molecule has 1 aliphatic rings. The van der Waals surface area contributed by atoms with Crippen LogP contribution >= 0.6 is 0 Å². The number of hydrogen-bond donors (Lipinski definition) is 2. The number of aromatic nitrogens is 1. The van der Waals surface area contributed by atoms with Crippen LogP contribution < -0.4 is 5.32 Å². The lowest BCUT2D eigenvalue weighted by atomic mass is 10.0. The number of rotatable bonds is 3. The molecule has 0 aliphatic carbocycles. The molecule has 0 atom stereocenters. The van der Waals surface area contributed by atoms with Gasteiger partial charge < -0.3 is 19.9 Å². The number of aromatic amines is 1. The maximum absolute atomic E-state index is 12.4. The van der Waals surface area contributed by atoms with E-state index in [2.05, 4.69) is 10.3 Å². The normalized spacial score (nSPS) is 15.6. The first-order chi connectivity index (χ1) is 11.2. The first-order valence-corrected chi connectivity index (χ1v) is 7.97. The van der Waals surface area contributed by atoms with Gasteiger partial charge in [-0.25, -0.2) is 4.79 Å². The predicted octanol–water partition coefficient (Wildman–Crippen LogP) is 2.52. The molecule has 1 aromatic carbocycles. The van der Waals surface area contributed by atoms with Gasteiger partial charge in [0, 0.05) is 41.8 Å². The zero-order valence-corrected chi connectivity index (χ0v) is 13.2. The summed E-state index contributed by atoms with van der Waals surface area (Å²) in [6.45, 7) is 3.41. The maximum atomic E-state index is 12.4. The van der Waals surface area contributed by atoms with E-state index in [4.69, 9.17) is 4.74 Å². The van der Waals surface area contributed by atoms with Crippen molar-refractivity contribution in [2.24, 2.45) is 0 Å². The van der Waals surface area contributed by atoms with Gasteiger partial charge in [0.1, 0.15) is 0 Å². The molecule has 0 saturated carbocycles. The summed E-state index contributed by atoms with van der Waals surface area (Å²) >= 11 is 0. The summed E-state index contributed by atoms with van der Waals surface area (Å²) in [5.74, 6) is -0.0670. The molecular formula is C17H21N3O3. The smallest absolute Gasteiger partial charge is 0.409 e. The van der Waals surface area contributed by atoms with E-state index in [1.54, 1.807) is 11.8 Å². The lowest BCUT2D eigenvalue weighted by molar-refractivity contribution is 0.0860. The van der Waals surface area contributed by atoms with E-state index in [9.17, 15) is 9.59 Å². The van der Waals surface area contributed by atoms with Crippen molar-refractivity contribution in [3.8, 4) is 0 Å². The Bertz CT molecular complexity index is 702. The van der Waals surface area contributed by atoms with Crippen molar-refractivity contribution in [2.45, 2.75) is 25.8 Å². The van der Waals surface area contributed by atoms with Crippen LogP contribution in [0.1, 0.15) is 30.1 Å². The number of benzene rings is 1. The van der Waals surface area contributed by atoms with Gasteiger partial charge in [-0.3, -0.25) is 4.79 Å². The van der Waals surface area contributed by atoms with Gasteiger partial charge in [-0.05, 0) is 44.0 Å². The number of nitrogens with zero attached hydrogens (tertiary/aromatic N) is 1. The second-order valence-electron chi connectivity index (χ2n) is 5.71. The molecule has 122 valence electrons. The summed E-state index contributed by atoms with van der Waals surface area (Å²) in [5, 5.41) is 4.08. The Morgan fingerprint density at radius 3 is 2.83 bits per heavy atom. The van der Waals surface area contributed by atoms with Gasteiger partial charge in [-0.15, -0.1) is 0 Å². The van der Waals surface area contributed by atoms with Crippen molar-refractivity contribution in [3.05, 3.63) is 36.0 Å². The van der Waals surface area contributed by atoms with Gasteiger partial charge in [-0.1, -0.05) is 0 Å². The van der Waals surface area contributed by atoms with Crippen LogP contribution in [-0.4, -0.2) is 47.6 Å². The Balaban J connectivity index is 1.55. The highest BCUT2D eigenvalue weighted by molar-refractivity contribution is 5.98. The van der Waals surface area contributed by atoms with Crippen LogP contribution in [0.3, 0.4) is 0 Å². The Morgan fingerprint density at radius 2 is 2.09 bits per heavy atom. The summed E-state index contributed by atoms with van der Waals surface area (Å²) in [6.07, 6.45) is 3.08. The van der Waals surface area contributed by atoms with Crippen molar-refractivity contribution < 1.29 is 14.3 Å². The predicted molar refractivity (Wildman–Crippen MR) is 87.4 cm³/mol. The standard InChI is InChI=1S/C17H21N3O3/c1-2-23-17(22)20-9-6-14(7-10-20)19-16(21)13-3-4-15-12(11-13)5-8-18-15/h3-5,8,11,14,18H,2,6-7,9-10H2,1H3,(H,19,21). The van der Waals surface area contributed by atoms with Crippen LogP contribution in [-0.2, 0) is 4.74 Å². The number of H-pyrrole nitrogens is 1.